The van der Waals surface area contributed by atoms with Crippen molar-refractivity contribution in [2.75, 3.05) is 25.0 Å². The second kappa shape index (κ2) is 6.80. The molecule has 9 heteroatoms. The smallest absolute Gasteiger partial charge is 0.255 e. The van der Waals surface area contributed by atoms with Gasteiger partial charge < -0.3 is 9.80 Å². The van der Waals surface area contributed by atoms with Crippen molar-refractivity contribution in [3.63, 3.8) is 0 Å². The molecule has 0 atom stereocenters. The highest BCUT2D eigenvalue weighted by Gasteiger charge is 2.34. The molecule has 0 spiro atoms. The monoisotopic (exact) mass is 441 g/mol. The third-order valence-corrected chi connectivity index (χ3v) is 6.18. The maximum atomic E-state index is 12.7. The lowest BCUT2D eigenvalue weighted by atomic mass is 9.85. The fraction of sp³-hybridized carbons (Fsp3) is 0.421. The van der Waals surface area contributed by atoms with Gasteiger partial charge in [0.15, 0.2) is 11.5 Å². The van der Waals surface area contributed by atoms with E-state index >= 15 is 0 Å². The van der Waals surface area contributed by atoms with Gasteiger partial charge in [0.1, 0.15) is 5.82 Å². The van der Waals surface area contributed by atoms with Crippen molar-refractivity contribution in [1.82, 2.24) is 29.7 Å². The summed E-state index contributed by atoms with van der Waals surface area (Å²) >= 11 is 3.37. The summed E-state index contributed by atoms with van der Waals surface area (Å²) < 4.78 is 2.69. The number of hydrogen-bond donors (Lipinski definition) is 0. The van der Waals surface area contributed by atoms with Crippen LogP contribution >= 0.6 is 15.9 Å². The van der Waals surface area contributed by atoms with Gasteiger partial charge >= 0.3 is 0 Å². The van der Waals surface area contributed by atoms with Gasteiger partial charge in [0.05, 0.1) is 11.6 Å². The summed E-state index contributed by atoms with van der Waals surface area (Å²) in [4.78, 5) is 20.7. The van der Waals surface area contributed by atoms with Crippen molar-refractivity contribution in [3.8, 4) is 0 Å². The molecule has 1 aliphatic carbocycles. The van der Waals surface area contributed by atoms with E-state index in [-0.39, 0.29) is 11.9 Å². The number of halogens is 1. The van der Waals surface area contributed by atoms with Crippen LogP contribution in [0.2, 0.25) is 0 Å². The maximum Gasteiger partial charge on any atom is 0.255 e. The van der Waals surface area contributed by atoms with Crippen molar-refractivity contribution < 1.29 is 4.79 Å². The zero-order valence-corrected chi connectivity index (χ0v) is 17.1. The Morgan fingerprint density at radius 1 is 1.21 bits per heavy atom. The van der Waals surface area contributed by atoms with Crippen molar-refractivity contribution in [2.24, 2.45) is 0 Å². The van der Waals surface area contributed by atoms with Gasteiger partial charge in [-0.1, -0.05) is 6.42 Å². The van der Waals surface area contributed by atoms with Crippen molar-refractivity contribution in [2.45, 2.75) is 31.2 Å². The zero-order valence-electron chi connectivity index (χ0n) is 15.5. The number of hydrogen-bond acceptors (Lipinski definition) is 6. The molecule has 0 N–H and O–H groups in total. The van der Waals surface area contributed by atoms with Crippen LogP contribution in [0, 0.1) is 0 Å². The molecule has 0 bridgehead atoms. The van der Waals surface area contributed by atoms with E-state index in [9.17, 15) is 4.79 Å². The van der Waals surface area contributed by atoms with Crippen LogP contribution in [0.1, 0.15) is 41.4 Å². The van der Waals surface area contributed by atoms with E-state index in [2.05, 4.69) is 36.0 Å². The van der Waals surface area contributed by atoms with Crippen molar-refractivity contribution >= 4 is 33.3 Å². The normalized spacial score (nSPS) is 17.4. The summed E-state index contributed by atoms with van der Waals surface area (Å²) in [6.07, 6.45) is 6.85. The number of likely N-dealkylation sites (N-methyl/N-ethyl adjacent to an activating group) is 1. The zero-order chi connectivity index (χ0) is 19.3. The number of anilines is 1. The SMILES string of the molecule is CN(C(=O)c1cncc(Br)c1)C1CN(c2ccc3nnc(C4CCC4)n3n2)C1. The number of amides is 1. The van der Waals surface area contributed by atoms with Crippen molar-refractivity contribution in [1.29, 1.82) is 0 Å². The topological polar surface area (TPSA) is 79.5 Å². The number of pyridine rings is 1. The Balaban J connectivity index is 1.29. The fourth-order valence-electron chi connectivity index (χ4n) is 3.67. The number of rotatable bonds is 4. The predicted octanol–water partition coefficient (Wildman–Crippen LogP) is 2.51. The van der Waals surface area contributed by atoms with Crippen LogP contribution in [0.3, 0.4) is 0 Å². The Morgan fingerprint density at radius 2 is 2.04 bits per heavy atom. The van der Waals surface area contributed by atoms with Gasteiger partial charge in [-0.2, -0.15) is 4.52 Å². The minimum Gasteiger partial charge on any atom is -0.351 e. The molecule has 5 rings (SSSR count). The van der Waals surface area contributed by atoms with Gasteiger partial charge in [-0.15, -0.1) is 15.3 Å². The molecule has 3 aromatic rings. The van der Waals surface area contributed by atoms with Crippen LogP contribution in [0.15, 0.2) is 35.1 Å². The van der Waals surface area contributed by atoms with Gasteiger partial charge in [0.2, 0.25) is 0 Å². The van der Waals surface area contributed by atoms with Crippen LogP contribution in [0.5, 0.6) is 0 Å². The number of aromatic nitrogens is 5. The highest BCUT2D eigenvalue weighted by Crippen LogP contribution is 2.35. The third kappa shape index (κ3) is 2.94. The van der Waals surface area contributed by atoms with Gasteiger partial charge in [-0.05, 0) is 47.0 Å². The number of nitrogens with zero attached hydrogens (tertiary/aromatic N) is 7. The first-order valence-corrected chi connectivity index (χ1v) is 10.2. The first kappa shape index (κ1) is 17.5. The van der Waals surface area contributed by atoms with Crippen LogP contribution in [-0.2, 0) is 0 Å². The van der Waals surface area contributed by atoms with Crippen molar-refractivity contribution in [3.05, 3.63) is 46.5 Å². The van der Waals surface area contributed by atoms with E-state index in [4.69, 9.17) is 5.10 Å². The molecule has 3 aromatic heterocycles. The second-order valence-electron chi connectivity index (χ2n) is 7.51. The molecule has 1 aliphatic heterocycles. The van der Waals surface area contributed by atoms with E-state index in [0.717, 1.165) is 47.7 Å². The Labute approximate surface area is 170 Å². The number of carbonyl (C=O) groups excluding carboxylic acids is 1. The van der Waals surface area contributed by atoms with Gasteiger partial charge in [-0.25, -0.2) is 0 Å². The molecule has 1 saturated heterocycles. The predicted molar refractivity (Wildman–Crippen MR) is 107 cm³/mol. The quantitative estimate of drug-likeness (QED) is 0.618. The lowest BCUT2D eigenvalue weighted by Crippen LogP contribution is -2.60. The summed E-state index contributed by atoms with van der Waals surface area (Å²) in [6, 6.07) is 5.89. The van der Waals surface area contributed by atoms with Gasteiger partial charge in [0, 0.05) is 42.9 Å². The molecular weight excluding hydrogens is 422 g/mol. The summed E-state index contributed by atoms with van der Waals surface area (Å²) in [6.45, 7) is 1.51. The fourth-order valence-corrected chi connectivity index (χ4v) is 4.04. The van der Waals surface area contributed by atoms with E-state index in [0.29, 0.717) is 11.5 Å². The van der Waals surface area contributed by atoms with E-state index < -0.39 is 0 Å². The van der Waals surface area contributed by atoms with E-state index in [1.54, 1.807) is 23.4 Å². The molecule has 0 radical (unpaired) electrons. The molecule has 1 amide bonds. The van der Waals surface area contributed by atoms with E-state index in [1.165, 1.54) is 6.42 Å². The summed E-state index contributed by atoms with van der Waals surface area (Å²) in [5, 5.41) is 13.3. The van der Waals surface area contributed by atoms with Gasteiger partial charge in [0.25, 0.3) is 5.91 Å². The second-order valence-corrected chi connectivity index (χ2v) is 8.43. The molecule has 4 heterocycles. The molecule has 8 nitrogen and oxygen atoms in total. The molecule has 1 saturated carbocycles. The number of carbonyl (C=O) groups is 1. The molecule has 0 unspecified atom stereocenters. The molecular formula is C19H20BrN7O. The summed E-state index contributed by atoms with van der Waals surface area (Å²) in [5.74, 6) is 2.32. The first-order chi connectivity index (χ1) is 13.6. The van der Waals surface area contributed by atoms with Crippen LogP contribution in [0.4, 0.5) is 5.82 Å². The Hall–Kier alpha value is -2.55. The lowest BCUT2D eigenvalue weighted by molar-refractivity contribution is 0.0704. The van der Waals surface area contributed by atoms with Crippen LogP contribution < -0.4 is 4.90 Å². The van der Waals surface area contributed by atoms with Gasteiger partial charge in [-0.3, -0.25) is 9.78 Å². The lowest BCUT2D eigenvalue weighted by Gasteiger charge is -2.44. The Morgan fingerprint density at radius 3 is 2.75 bits per heavy atom. The van der Waals surface area contributed by atoms with Crippen LogP contribution in [-0.4, -0.2) is 61.8 Å². The molecule has 2 aliphatic rings. The molecule has 28 heavy (non-hydrogen) atoms. The third-order valence-electron chi connectivity index (χ3n) is 5.75. The highest BCUT2D eigenvalue weighted by atomic mass is 79.9. The highest BCUT2D eigenvalue weighted by molar-refractivity contribution is 9.10. The molecule has 144 valence electrons. The standard InChI is InChI=1S/C19H20BrN7O/c1-25(19(28)13-7-14(20)9-21-8-13)15-10-26(11-15)17-6-5-16-22-23-18(27(16)24-17)12-3-2-4-12/h5-9,12,15H,2-4,10-11H2,1H3. The average molecular weight is 442 g/mol. The summed E-state index contributed by atoms with van der Waals surface area (Å²) in [5.41, 5.74) is 1.38. The molecule has 2 fully saturated rings. The van der Waals surface area contributed by atoms with Crippen LogP contribution in [0.25, 0.3) is 5.65 Å². The van der Waals surface area contributed by atoms with E-state index in [1.807, 2.05) is 23.7 Å². The minimum absolute atomic E-state index is 0.0204. The average Bonchev–Trinajstić information content (AvgIpc) is 3.01. The molecule has 0 aromatic carbocycles. The maximum absolute atomic E-state index is 12.7. The first-order valence-electron chi connectivity index (χ1n) is 9.45. The number of fused-ring (bicyclic) bond motifs is 1. The largest absolute Gasteiger partial charge is 0.351 e. The minimum atomic E-state index is -0.0204. The summed E-state index contributed by atoms with van der Waals surface area (Å²) in [7, 11) is 1.84. The Bertz CT molecular complexity index is 1040. The Kier molecular flexibility index (Phi) is 4.26.